The monoisotopic (exact) mass is 314 g/mol. The highest BCUT2D eigenvalue weighted by molar-refractivity contribution is 5.78. The van der Waals surface area contributed by atoms with Crippen LogP contribution in [0.15, 0.2) is 24.7 Å². The summed E-state index contributed by atoms with van der Waals surface area (Å²) >= 11 is 0. The van der Waals surface area contributed by atoms with Crippen LogP contribution in [0.25, 0.3) is 0 Å². The minimum atomic E-state index is -0.00377. The lowest BCUT2D eigenvalue weighted by atomic mass is 9.99. The Morgan fingerprint density at radius 2 is 2.26 bits per heavy atom. The first-order valence-corrected chi connectivity index (χ1v) is 8.03. The van der Waals surface area contributed by atoms with Gasteiger partial charge in [-0.1, -0.05) is 6.07 Å². The molecule has 1 atom stereocenters. The number of carbonyl (C=O) groups excluding carboxylic acids is 1. The van der Waals surface area contributed by atoms with Gasteiger partial charge in [-0.15, -0.1) is 0 Å². The van der Waals surface area contributed by atoms with Crippen LogP contribution in [0.5, 0.6) is 0 Å². The molecule has 23 heavy (non-hydrogen) atoms. The van der Waals surface area contributed by atoms with Gasteiger partial charge in [-0.2, -0.15) is 5.10 Å². The zero-order valence-corrected chi connectivity index (χ0v) is 13.3. The number of anilines is 1. The van der Waals surface area contributed by atoms with Gasteiger partial charge in [0.2, 0.25) is 5.91 Å². The van der Waals surface area contributed by atoms with E-state index in [2.05, 4.69) is 25.7 Å². The van der Waals surface area contributed by atoms with Crippen LogP contribution in [0.2, 0.25) is 0 Å². The van der Waals surface area contributed by atoms with Crippen LogP contribution in [0.3, 0.4) is 0 Å². The molecule has 0 saturated heterocycles. The van der Waals surface area contributed by atoms with E-state index in [-0.39, 0.29) is 11.8 Å². The van der Waals surface area contributed by atoms with Crippen molar-refractivity contribution in [1.82, 2.24) is 25.1 Å². The molecule has 0 saturated carbocycles. The van der Waals surface area contributed by atoms with Crippen molar-refractivity contribution in [2.75, 3.05) is 18.4 Å². The predicted molar refractivity (Wildman–Crippen MR) is 86.9 cm³/mol. The second-order valence-corrected chi connectivity index (χ2v) is 5.89. The summed E-state index contributed by atoms with van der Waals surface area (Å²) in [6.45, 7) is 4.10. The molecule has 2 N–H and O–H groups in total. The summed E-state index contributed by atoms with van der Waals surface area (Å²) in [6, 6.07) is 3.99. The highest BCUT2D eigenvalue weighted by atomic mass is 16.1. The summed E-state index contributed by atoms with van der Waals surface area (Å²) in [5, 5.41) is 10.4. The Bertz CT molecular complexity index is 651. The summed E-state index contributed by atoms with van der Waals surface area (Å²) in [7, 11) is 0. The van der Waals surface area contributed by atoms with Gasteiger partial charge in [0.1, 0.15) is 18.0 Å². The number of rotatable bonds is 6. The third kappa shape index (κ3) is 4.06. The second-order valence-electron chi connectivity index (χ2n) is 5.89. The first kappa shape index (κ1) is 15.5. The Balaban J connectivity index is 1.34. The Hall–Kier alpha value is -2.44. The van der Waals surface area contributed by atoms with Gasteiger partial charge in [0.15, 0.2) is 0 Å². The van der Waals surface area contributed by atoms with Crippen LogP contribution in [-0.4, -0.2) is 38.7 Å². The summed E-state index contributed by atoms with van der Waals surface area (Å²) in [6.07, 6.45) is 5.92. The summed E-state index contributed by atoms with van der Waals surface area (Å²) < 4.78 is 1.83. The summed E-state index contributed by atoms with van der Waals surface area (Å²) in [5.41, 5.74) is 1.14. The van der Waals surface area contributed by atoms with E-state index in [4.69, 9.17) is 0 Å². The average Bonchev–Trinajstić information content (AvgIpc) is 3.03. The first-order chi connectivity index (χ1) is 11.2. The van der Waals surface area contributed by atoms with E-state index >= 15 is 0 Å². The lowest BCUT2D eigenvalue weighted by molar-refractivity contribution is -0.126. The number of aryl methyl sites for hydroxylation is 2. The van der Waals surface area contributed by atoms with Crippen LogP contribution in [0.4, 0.5) is 5.82 Å². The number of nitrogens with one attached hydrogen (secondary N) is 2. The highest BCUT2D eigenvalue weighted by Crippen LogP contribution is 2.17. The molecule has 0 radical (unpaired) electrons. The van der Waals surface area contributed by atoms with Crippen LogP contribution in [-0.2, 0) is 17.8 Å². The average molecular weight is 314 g/mol. The molecule has 2 aromatic rings. The summed E-state index contributed by atoms with van der Waals surface area (Å²) in [5.74, 6) is 1.95. The minimum Gasteiger partial charge on any atom is -0.370 e. The van der Waals surface area contributed by atoms with Crippen molar-refractivity contribution in [2.24, 2.45) is 5.92 Å². The molecule has 0 aromatic carbocycles. The van der Waals surface area contributed by atoms with Crippen molar-refractivity contribution in [3.05, 3.63) is 36.0 Å². The fraction of sp³-hybridized carbons (Fsp3) is 0.500. The maximum Gasteiger partial charge on any atom is 0.224 e. The van der Waals surface area contributed by atoms with Crippen LogP contribution in [0.1, 0.15) is 24.2 Å². The van der Waals surface area contributed by atoms with E-state index in [0.717, 1.165) is 43.0 Å². The zero-order chi connectivity index (χ0) is 16.1. The normalized spacial score (nSPS) is 16.7. The van der Waals surface area contributed by atoms with Gasteiger partial charge in [0.25, 0.3) is 0 Å². The van der Waals surface area contributed by atoms with E-state index in [1.807, 2.05) is 29.9 Å². The number of carbonyl (C=O) groups is 1. The van der Waals surface area contributed by atoms with Crippen molar-refractivity contribution in [2.45, 2.75) is 32.7 Å². The molecule has 122 valence electrons. The smallest absolute Gasteiger partial charge is 0.224 e. The van der Waals surface area contributed by atoms with Gasteiger partial charge >= 0.3 is 0 Å². The van der Waals surface area contributed by atoms with Crippen LogP contribution < -0.4 is 10.6 Å². The number of amides is 1. The molecule has 0 aliphatic carbocycles. The van der Waals surface area contributed by atoms with E-state index in [0.29, 0.717) is 13.1 Å². The van der Waals surface area contributed by atoms with E-state index in [1.165, 1.54) is 0 Å². The molecular formula is C16H22N6O. The molecule has 1 aliphatic rings. The Labute approximate surface area is 135 Å². The number of fused-ring (bicyclic) bond motifs is 1. The number of aromatic nitrogens is 4. The number of nitrogens with zero attached hydrogens (tertiary/aromatic N) is 4. The molecule has 0 spiro atoms. The van der Waals surface area contributed by atoms with Crippen molar-refractivity contribution in [3.8, 4) is 0 Å². The molecule has 0 bridgehead atoms. The lowest BCUT2D eigenvalue weighted by Gasteiger charge is -2.21. The maximum atomic E-state index is 12.2. The fourth-order valence-corrected chi connectivity index (χ4v) is 2.68. The van der Waals surface area contributed by atoms with Gasteiger partial charge in [-0.25, -0.2) is 14.6 Å². The number of hydrogen-bond acceptors (Lipinski definition) is 5. The largest absolute Gasteiger partial charge is 0.370 e. The van der Waals surface area contributed by atoms with Crippen molar-refractivity contribution in [3.63, 3.8) is 0 Å². The Morgan fingerprint density at radius 3 is 3.09 bits per heavy atom. The molecule has 1 amide bonds. The quantitative estimate of drug-likeness (QED) is 0.782. The first-order valence-electron chi connectivity index (χ1n) is 8.03. The summed E-state index contributed by atoms with van der Waals surface area (Å²) in [4.78, 5) is 20.7. The van der Waals surface area contributed by atoms with E-state index in [9.17, 15) is 4.79 Å². The van der Waals surface area contributed by atoms with Gasteiger partial charge < -0.3 is 10.6 Å². The number of hydrogen-bond donors (Lipinski definition) is 2. The van der Waals surface area contributed by atoms with Crippen LogP contribution >= 0.6 is 0 Å². The van der Waals surface area contributed by atoms with Gasteiger partial charge in [-0.3, -0.25) is 4.79 Å². The van der Waals surface area contributed by atoms with Gasteiger partial charge in [0, 0.05) is 25.7 Å². The molecule has 3 rings (SSSR count). The van der Waals surface area contributed by atoms with Gasteiger partial charge in [-0.05, 0) is 31.4 Å². The molecule has 7 nitrogen and oxygen atoms in total. The zero-order valence-electron chi connectivity index (χ0n) is 13.3. The van der Waals surface area contributed by atoms with E-state index in [1.54, 1.807) is 6.33 Å². The molecule has 7 heteroatoms. The maximum absolute atomic E-state index is 12.2. The lowest BCUT2D eigenvalue weighted by Crippen LogP contribution is -2.37. The third-order valence-corrected chi connectivity index (χ3v) is 4.05. The van der Waals surface area contributed by atoms with Crippen LogP contribution in [0, 0.1) is 12.8 Å². The van der Waals surface area contributed by atoms with Crippen molar-refractivity contribution in [1.29, 1.82) is 0 Å². The third-order valence-electron chi connectivity index (χ3n) is 4.05. The molecule has 1 unspecified atom stereocenters. The molecular weight excluding hydrogens is 292 g/mol. The SMILES string of the molecule is Cc1ccc(NCCCNC(=O)C2CCc3ncnn3C2)nc1. The van der Waals surface area contributed by atoms with E-state index < -0.39 is 0 Å². The van der Waals surface area contributed by atoms with Gasteiger partial charge in [0.05, 0.1) is 12.5 Å². The van der Waals surface area contributed by atoms with Crippen molar-refractivity contribution < 1.29 is 4.79 Å². The standard InChI is InChI=1S/C16H22N6O/c1-12-3-5-14(19-9-12)17-7-2-8-18-16(23)13-4-6-15-20-11-21-22(15)10-13/h3,5,9,11,13H,2,4,6-8,10H2,1H3,(H,17,19)(H,18,23). The van der Waals surface area contributed by atoms with Crippen molar-refractivity contribution >= 4 is 11.7 Å². The minimum absolute atomic E-state index is 0.00377. The molecule has 3 heterocycles. The second kappa shape index (κ2) is 7.21. The Kier molecular flexibility index (Phi) is 4.85. The Morgan fingerprint density at radius 1 is 1.35 bits per heavy atom. The number of pyridine rings is 1. The predicted octanol–water partition coefficient (Wildman–Crippen LogP) is 1.16. The molecule has 2 aromatic heterocycles. The molecule has 1 aliphatic heterocycles. The molecule has 0 fully saturated rings. The highest BCUT2D eigenvalue weighted by Gasteiger charge is 2.25. The fourth-order valence-electron chi connectivity index (χ4n) is 2.68. The topological polar surface area (TPSA) is 84.7 Å².